The molecule has 6 heteroatoms. The Bertz CT molecular complexity index is 788. The molecular formula is C23H31N3O2S. The van der Waals surface area contributed by atoms with Crippen molar-refractivity contribution in [2.75, 3.05) is 40.3 Å². The Kier molecular flexibility index (Phi) is 6.35. The number of carbonyl (C=O) groups is 1. The van der Waals surface area contributed by atoms with Gasteiger partial charge in [-0.3, -0.25) is 9.69 Å². The third-order valence-electron chi connectivity index (χ3n) is 6.10. The van der Waals surface area contributed by atoms with Gasteiger partial charge in [-0.15, -0.1) is 0 Å². The Hall–Kier alpha value is -1.73. The SMILES string of the molecule is CN1C[C@H](C(=O)N(C)Cc2ccccc2)OC2(CCN(Cc3ccsc3)CC2)C1. The summed E-state index contributed by atoms with van der Waals surface area (Å²) in [6, 6.07) is 12.3. The Labute approximate surface area is 177 Å². The number of morpholine rings is 1. The number of hydrogen-bond acceptors (Lipinski definition) is 5. The smallest absolute Gasteiger partial charge is 0.253 e. The Morgan fingerprint density at radius 3 is 2.66 bits per heavy atom. The van der Waals surface area contributed by atoms with Gasteiger partial charge in [-0.1, -0.05) is 30.3 Å². The van der Waals surface area contributed by atoms with Gasteiger partial charge in [0.25, 0.3) is 5.91 Å². The van der Waals surface area contributed by atoms with Crippen LogP contribution in [0.5, 0.6) is 0 Å². The summed E-state index contributed by atoms with van der Waals surface area (Å²) < 4.78 is 6.53. The summed E-state index contributed by atoms with van der Waals surface area (Å²) in [7, 11) is 3.99. The first-order chi connectivity index (χ1) is 14.0. The number of thiophene rings is 1. The van der Waals surface area contributed by atoms with Crippen molar-refractivity contribution >= 4 is 17.2 Å². The summed E-state index contributed by atoms with van der Waals surface area (Å²) >= 11 is 1.76. The van der Waals surface area contributed by atoms with E-state index in [0.29, 0.717) is 13.1 Å². The first kappa shape index (κ1) is 20.5. The Morgan fingerprint density at radius 1 is 1.21 bits per heavy atom. The topological polar surface area (TPSA) is 36.0 Å². The molecule has 0 unspecified atom stereocenters. The van der Waals surface area contributed by atoms with Crippen LogP contribution in [0.2, 0.25) is 0 Å². The zero-order valence-corrected chi connectivity index (χ0v) is 18.2. The monoisotopic (exact) mass is 413 g/mol. The van der Waals surface area contributed by atoms with E-state index in [1.807, 2.05) is 25.2 Å². The van der Waals surface area contributed by atoms with Crippen LogP contribution in [0.3, 0.4) is 0 Å². The van der Waals surface area contributed by atoms with Gasteiger partial charge in [0, 0.05) is 46.3 Å². The van der Waals surface area contributed by atoms with E-state index in [0.717, 1.165) is 44.6 Å². The molecule has 4 rings (SSSR count). The molecule has 2 saturated heterocycles. The highest BCUT2D eigenvalue weighted by Gasteiger charge is 2.44. The van der Waals surface area contributed by atoms with Crippen LogP contribution in [-0.4, -0.2) is 72.6 Å². The maximum atomic E-state index is 13.1. The zero-order valence-electron chi connectivity index (χ0n) is 17.4. The van der Waals surface area contributed by atoms with Crippen LogP contribution >= 0.6 is 11.3 Å². The zero-order chi connectivity index (χ0) is 20.3. The van der Waals surface area contributed by atoms with Gasteiger partial charge < -0.3 is 14.5 Å². The van der Waals surface area contributed by atoms with Gasteiger partial charge in [0.05, 0.1) is 5.60 Å². The highest BCUT2D eigenvalue weighted by atomic mass is 32.1. The second-order valence-electron chi connectivity index (χ2n) is 8.57. The van der Waals surface area contributed by atoms with Gasteiger partial charge in [-0.25, -0.2) is 0 Å². The van der Waals surface area contributed by atoms with Crippen LogP contribution < -0.4 is 0 Å². The van der Waals surface area contributed by atoms with E-state index in [1.54, 1.807) is 16.2 Å². The Balaban J connectivity index is 1.36. The molecule has 29 heavy (non-hydrogen) atoms. The molecule has 0 bridgehead atoms. The lowest BCUT2D eigenvalue weighted by Crippen LogP contribution is -2.61. The van der Waals surface area contributed by atoms with E-state index in [1.165, 1.54) is 5.56 Å². The van der Waals surface area contributed by atoms with Crippen molar-refractivity contribution in [2.24, 2.45) is 0 Å². The molecule has 1 amide bonds. The molecule has 1 aromatic heterocycles. The van der Waals surface area contributed by atoms with E-state index >= 15 is 0 Å². The highest BCUT2D eigenvalue weighted by molar-refractivity contribution is 7.07. The summed E-state index contributed by atoms with van der Waals surface area (Å²) in [5.41, 5.74) is 2.33. The number of benzene rings is 1. The molecule has 3 heterocycles. The summed E-state index contributed by atoms with van der Waals surface area (Å²) in [6.45, 7) is 5.24. The van der Waals surface area contributed by atoms with Crippen molar-refractivity contribution < 1.29 is 9.53 Å². The molecule has 1 atom stereocenters. The third kappa shape index (κ3) is 5.07. The average Bonchev–Trinajstić information content (AvgIpc) is 3.23. The van der Waals surface area contributed by atoms with Crippen molar-refractivity contribution in [3.05, 3.63) is 58.3 Å². The molecule has 1 spiro atoms. The fourth-order valence-electron chi connectivity index (χ4n) is 4.56. The molecule has 2 aromatic rings. The molecular weight excluding hydrogens is 382 g/mol. The molecule has 5 nitrogen and oxygen atoms in total. The lowest BCUT2D eigenvalue weighted by atomic mass is 9.88. The molecule has 2 fully saturated rings. The maximum absolute atomic E-state index is 13.1. The third-order valence-corrected chi connectivity index (χ3v) is 6.83. The van der Waals surface area contributed by atoms with Gasteiger partial charge in [0.1, 0.15) is 6.10 Å². The number of likely N-dealkylation sites (N-methyl/N-ethyl adjacent to an activating group) is 2. The standard InChI is InChI=1S/C23H31N3O2S/c1-24-16-21(22(27)25(2)14-19-6-4-3-5-7-19)28-23(18-24)9-11-26(12-10-23)15-20-8-13-29-17-20/h3-8,13,17,21H,9-12,14-16,18H2,1-2H3/t21-/m1/s1. The van der Waals surface area contributed by atoms with Crippen LogP contribution in [0.1, 0.15) is 24.0 Å². The quantitative estimate of drug-likeness (QED) is 0.755. The van der Waals surface area contributed by atoms with Crippen LogP contribution in [0.4, 0.5) is 0 Å². The number of nitrogens with zero attached hydrogens (tertiary/aromatic N) is 3. The van der Waals surface area contributed by atoms with Crippen molar-refractivity contribution in [1.82, 2.24) is 14.7 Å². The Morgan fingerprint density at radius 2 is 1.97 bits per heavy atom. The van der Waals surface area contributed by atoms with Crippen molar-refractivity contribution in [2.45, 2.75) is 37.6 Å². The minimum Gasteiger partial charge on any atom is -0.359 e. The molecule has 2 aliphatic heterocycles. The first-order valence-corrected chi connectivity index (χ1v) is 11.4. The molecule has 0 saturated carbocycles. The fourth-order valence-corrected chi connectivity index (χ4v) is 5.22. The number of carbonyl (C=O) groups excluding carboxylic acids is 1. The summed E-state index contributed by atoms with van der Waals surface area (Å²) in [6.07, 6.45) is 1.58. The van der Waals surface area contributed by atoms with E-state index < -0.39 is 0 Å². The van der Waals surface area contributed by atoms with Gasteiger partial charge in [0.15, 0.2) is 0 Å². The predicted octanol–water partition coefficient (Wildman–Crippen LogP) is 3.07. The number of hydrogen-bond donors (Lipinski definition) is 0. The fraction of sp³-hybridized carbons (Fsp3) is 0.522. The number of ether oxygens (including phenoxy) is 1. The number of piperidine rings is 1. The van der Waals surface area contributed by atoms with Crippen LogP contribution in [0.15, 0.2) is 47.2 Å². The van der Waals surface area contributed by atoms with E-state index in [9.17, 15) is 4.79 Å². The molecule has 1 aromatic carbocycles. The minimum absolute atomic E-state index is 0.0838. The lowest BCUT2D eigenvalue weighted by Gasteiger charge is -2.49. The normalized spacial score (nSPS) is 22.6. The number of rotatable bonds is 5. The number of likely N-dealkylation sites (tertiary alicyclic amines) is 1. The predicted molar refractivity (Wildman–Crippen MR) is 117 cm³/mol. The van der Waals surface area contributed by atoms with E-state index in [4.69, 9.17) is 4.74 Å². The van der Waals surface area contributed by atoms with E-state index in [-0.39, 0.29) is 17.6 Å². The average molecular weight is 414 g/mol. The second kappa shape index (κ2) is 8.96. The maximum Gasteiger partial charge on any atom is 0.253 e. The summed E-state index contributed by atoms with van der Waals surface area (Å²) in [5, 5.41) is 4.37. The largest absolute Gasteiger partial charge is 0.359 e. The van der Waals surface area contributed by atoms with Crippen molar-refractivity contribution in [3.8, 4) is 0 Å². The van der Waals surface area contributed by atoms with Crippen molar-refractivity contribution in [3.63, 3.8) is 0 Å². The van der Waals surface area contributed by atoms with Crippen LogP contribution in [0.25, 0.3) is 0 Å². The van der Waals surface area contributed by atoms with E-state index in [2.05, 4.69) is 45.8 Å². The van der Waals surface area contributed by atoms with Crippen LogP contribution in [-0.2, 0) is 22.6 Å². The van der Waals surface area contributed by atoms with Gasteiger partial charge in [0.2, 0.25) is 0 Å². The summed E-state index contributed by atoms with van der Waals surface area (Å²) in [4.78, 5) is 19.7. The molecule has 156 valence electrons. The second-order valence-corrected chi connectivity index (χ2v) is 9.35. The molecule has 2 aliphatic rings. The summed E-state index contributed by atoms with van der Waals surface area (Å²) in [5.74, 6) is 0.0838. The van der Waals surface area contributed by atoms with Crippen LogP contribution in [0, 0.1) is 0 Å². The van der Waals surface area contributed by atoms with Gasteiger partial charge in [-0.2, -0.15) is 11.3 Å². The highest BCUT2D eigenvalue weighted by Crippen LogP contribution is 2.33. The lowest BCUT2D eigenvalue weighted by molar-refractivity contribution is -0.188. The molecule has 0 N–H and O–H groups in total. The van der Waals surface area contributed by atoms with Gasteiger partial charge in [-0.05, 0) is 47.8 Å². The van der Waals surface area contributed by atoms with Crippen molar-refractivity contribution in [1.29, 1.82) is 0 Å². The minimum atomic E-state index is -0.383. The van der Waals surface area contributed by atoms with Gasteiger partial charge >= 0.3 is 0 Å². The molecule has 0 radical (unpaired) electrons. The number of amides is 1. The first-order valence-electron chi connectivity index (χ1n) is 10.4. The molecule has 0 aliphatic carbocycles.